The summed E-state index contributed by atoms with van der Waals surface area (Å²) in [6.45, 7) is 2.24. The summed E-state index contributed by atoms with van der Waals surface area (Å²) < 4.78 is 0. The molecule has 1 aliphatic carbocycles. The Balaban J connectivity index is 1.78. The van der Waals surface area contributed by atoms with E-state index < -0.39 is 4.92 Å². The minimum atomic E-state index is -0.456. The van der Waals surface area contributed by atoms with Crippen molar-refractivity contribution < 1.29 is 9.72 Å². The molecule has 1 fully saturated rings. The fraction of sp³-hybridized carbons (Fsp3) is 0.538. The highest BCUT2D eigenvalue weighted by Gasteiger charge is 2.22. The molecule has 2 N–H and O–H groups in total. The number of rotatable bonds is 7. The first-order chi connectivity index (χ1) is 9.56. The standard InChI is InChI=1S/C13H18N4O3/c1-9-7-11(17(19)20)13(15-8-9)14-6-2-3-12(18)16-10-4-5-10/h7-8,10H,2-6H2,1H3,(H,14,15)(H,16,18). The molecular weight excluding hydrogens is 260 g/mol. The Morgan fingerprint density at radius 3 is 2.95 bits per heavy atom. The van der Waals surface area contributed by atoms with Crippen LogP contribution in [0.1, 0.15) is 31.2 Å². The van der Waals surface area contributed by atoms with Crippen molar-refractivity contribution in [3.05, 3.63) is 27.9 Å². The molecular formula is C13H18N4O3. The van der Waals surface area contributed by atoms with Gasteiger partial charge in [0.05, 0.1) is 4.92 Å². The van der Waals surface area contributed by atoms with E-state index in [0.29, 0.717) is 25.4 Å². The predicted octanol–water partition coefficient (Wildman–Crippen LogP) is 1.77. The second-order valence-corrected chi connectivity index (χ2v) is 5.01. The third-order valence-corrected chi connectivity index (χ3v) is 3.02. The van der Waals surface area contributed by atoms with Crippen LogP contribution < -0.4 is 10.6 Å². The molecule has 1 amide bonds. The molecule has 0 bridgehead atoms. The average Bonchev–Trinajstić information content (AvgIpc) is 3.19. The number of carbonyl (C=O) groups is 1. The highest BCUT2D eigenvalue weighted by molar-refractivity contribution is 5.76. The Hall–Kier alpha value is -2.18. The molecule has 0 aromatic carbocycles. The summed E-state index contributed by atoms with van der Waals surface area (Å²) in [4.78, 5) is 25.9. The minimum Gasteiger partial charge on any atom is -0.364 e. The lowest BCUT2D eigenvalue weighted by atomic mass is 10.2. The van der Waals surface area contributed by atoms with Crippen molar-refractivity contribution in [2.24, 2.45) is 0 Å². The molecule has 1 saturated carbocycles. The Morgan fingerprint density at radius 2 is 2.30 bits per heavy atom. The molecule has 108 valence electrons. The van der Waals surface area contributed by atoms with Gasteiger partial charge in [0.2, 0.25) is 11.7 Å². The lowest BCUT2D eigenvalue weighted by Crippen LogP contribution is -2.25. The van der Waals surface area contributed by atoms with Crippen molar-refractivity contribution in [3.63, 3.8) is 0 Å². The maximum Gasteiger partial charge on any atom is 0.311 e. The summed E-state index contributed by atoms with van der Waals surface area (Å²) in [5.41, 5.74) is 0.707. The van der Waals surface area contributed by atoms with E-state index in [1.807, 2.05) is 0 Å². The average molecular weight is 278 g/mol. The van der Waals surface area contributed by atoms with Gasteiger partial charge in [-0.15, -0.1) is 0 Å². The number of pyridine rings is 1. The normalized spacial score (nSPS) is 13.8. The summed E-state index contributed by atoms with van der Waals surface area (Å²) in [5, 5.41) is 16.7. The van der Waals surface area contributed by atoms with Crippen LogP contribution in [0.15, 0.2) is 12.3 Å². The topological polar surface area (TPSA) is 97.2 Å². The van der Waals surface area contributed by atoms with E-state index in [1.54, 1.807) is 13.1 Å². The molecule has 1 heterocycles. The first kappa shape index (κ1) is 14.2. The fourth-order valence-electron chi connectivity index (χ4n) is 1.81. The Bertz CT molecular complexity index is 514. The molecule has 2 rings (SSSR count). The van der Waals surface area contributed by atoms with Gasteiger partial charge in [-0.2, -0.15) is 0 Å². The van der Waals surface area contributed by atoms with Crippen molar-refractivity contribution in [2.45, 2.75) is 38.6 Å². The number of nitrogens with zero attached hydrogens (tertiary/aromatic N) is 2. The monoisotopic (exact) mass is 278 g/mol. The van der Waals surface area contributed by atoms with Gasteiger partial charge >= 0.3 is 5.69 Å². The van der Waals surface area contributed by atoms with Crippen LogP contribution in [0.4, 0.5) is 11.5 Å². The zero-order valence-corrected chi connectivity index (χ0v) is 11.4. The Morgan fingerprint density at radius 1 is 1.55 bits per heavy atom. The van der Waals surface area contributed by atoms with E-state index in [-0.39, 0.29) is 17.4 Å². The SMILES string of the molecule is Cc1cnc(NCCCC(=O)NC2CC2)c([N+](=O)[O-])c1. The quantitative estimate of drug-likeness (QED) is 0.450. The van der Waals surface area contributed by atoms with Crippen LogP contribution >= 0.6 is 0 Å². The molecule has 0 saturated heterocycles. The second-order valence-electron chi connectivity index (χ2n) is 5.01. The Kier molecular flexibility index (Phi) is 4.49. The van der Waals surface area contributed by atoms with Crippen LogP contribution in [0.5, 0.6) is 0 Å². The van der Waals surface area contributed by atoms with Gasteiger partial charge in [-0.25, -0.2) is 4.98 Å². The Labute approximate surface area is 116 Å². The van der Waals surface area contributed by atoms with Gasteiger partial charge in [0.1, 0.15) is 0 Å². The second kappa shape index (κ2) is 6.31. The van der Waals surface area contributed by atoms with Gasteiger partial charge in [0, 0.05) is 31.3 Å². The largest absolute Gasteiger partial charge is 0.364 e. The summed E-state index contributed by atoms with van der Waals surface area (Å²) in [5.74, 6) is 0.295. The molecule has 1 aromatic rings. The van der Waals surface area contributed by atoms with Crippen LogP contribution in [-0.4, -0.2) is 28.4 Å². The number of hydrogen-bond donors (Lipinski definition) is 2. The molecule has 20 heavy (non-hydrogen) atoms. The lowest BCUT2D eigenvalue weighted by Gasteiger charge is -2.07. The zero-order chi connectivity index (χ0) is 14.5. The summed E-state index contributed by atoms with van der Waals surface area (Å²) >= 11 is 0. The van der Waals surface area contributed by atoms with E-state index in [2.05, 4.69) is 15.6 Å². The third-order valence-electron chi connectivity index (χ3n) is 3.02. The van der Waals surface area contributed by atoms with Crippen LogP contribution in [0.2, 0.25) is 0 Å². The molecule has 0 spiro atoms. The van der Waals surface area contributed by atoms with Crippen molar-refractivity contribution in [3.8, 4) is 0 Å². The van der Waals surface area contributed by atoms with Gasteiger partial charge in [-0.1, -0.05) is 0 Å². The number of anilines is 1. The molecule has 1 aromatic heterocycles. The highest BCUT2D eigenvalue weighted by Crippen LogP contribution is 2.22. The lowest BCUT2D eigenvalue weighted by molar-refractivity contribution is -0.384. The summed E-state index contributed by atoms with van der Waals surface area (Å²) in [7, 11) is 0. The molecule has 7 nitrogen and oxygen atoms in total. The van der Waals surface area contributed by atoms with Crippen LogP contribution in [0.25, 0.3) is 0 Å². The van der Waals surface area contributed by atoms with Crippen LogP contribution in [-0.2, 0) is 4.79 Å². The minimum absolute atomic E-state index is 0.0348. The maximum atomic E-state index is 11.5. The first-order valence-electron chi connectivity index (χ1n) is 6.70. The summed E-state index contributed by atoms with van der Waals surface area (Å²) in [6, 6.07) is 1.85. The zero-order valence-electron chi connectivity index (χ0n) is 11.4. The number of nitro groups is 1. The van der Waals surface area contributed by atoms with Gasteiger partial charge in [-0.3, -0.25) is 14.9 Å². The molecule has 1 aliphatic rings. The number of hydrogen-bond acceptors (Lipinski definition) is 5. The van der Waals surface area contributed by atoms with E-state index in [9.17, 15) is 14.9 Å². The van der Waals surface area contributed by atoms with Gasteiger partial charge in [0.25, 0.3) is 0 Å². The van der Waals surface area contributed by atoms with Crippen molar-refractivity contribution in [1.29, 1.82) is 0 Å². The van der Waals surface area contributed by atoms with Crippen LogP contribution in [0.3, 0.4) is 0 Å². The number of aromatic nitrogens is 1. The number of aryl methyl sites for hydroxylation is 1. The highest BCUT2D eigenvalue weighted by atomic mass is 16.6. The van der Waals surface area contributed by atoms with Crippen molar-refractivity contribution in [1.82, 2.24) is 10.3 Å². The third kappa shape index (κ3) is 4.18. The predicted molar refractivity (Wildman–Crippen MR) is 74.5 cm³/mol. The van der Waals surface area contributed by atoms with E-state index in [1.165, 1.54) is 6.07 Å². The smallest absolute Gasteiger partial charge is 0.311 e. The van der Waals surface area contributed by atoms with Gasteiger partial charge in [0.15, 0.2) is 0 Å². The first-order valence-corrected chi connectivity index (χ1v) is 6.70. The van der Waals surface area contributed by atoms with Gasteiger partial charge < -0.3 is 10.6 Å². The number of carbonyl (C=O) groups excluding carboxylic acids is 1. The van der Waals surface area contributed by atoms with Crippen molar-refractivity contribution >= 4 is 17.4 Å². The molecule has 7 heteroatoms. The fourth-order valence-corrected chi connectivity index (χ4v) is 1.81. The molecule has 0 radical (unpaired) electrons. The molecule has 0 aliphatic heterocycles. The molecule has 0 unspecified atom stereocenters. The maximum absolute atomic E-state index is 11.5. The van der Waals surface area contributed by atoms with Crippen LogP contribution in [0, 0.1) is 17.0 Å². The number of nitrogens with one attached hydrogen (secondary N) is 2. The van der Waals surface area contributed by atoms with E-state index in [4.69, 9.17) is 0 Å². The van der Waals surface area contributed by atoms with E-state index >= 15 is 0 Å². The van der Waals surface area contributed by atoms with Crippen molar-refractivity contribution in [2.75, 3.05) is 11.9 Å². The van der Waals surface area contributed by atoms with Gasteiger partial charge in [-0.05, 0) is 31.7 Å². The van der Waals surface area contributed by atoms with E-state index in [0.717, 1.165) is 18.4 Å². The molecule has 0 atom stereocenters. The summed E-state index contributed by atoms with van der Waals surface area (Å²) in [6.07, 6.45) is 4.76. The number of amides is 1.